The Morgan fingerprint density at radius 2 is 2.12 bits per heavy atom. The number of nitrogens with zero attached hydrogens (tertiary/aromatic N) is 3. The van der Waals surface area contributed by atoms with E-state index in [9.17, 15) is 0 Å². The molecule has 0 radical (unpaired) electrons. The van der Waals surface area contributed by atoms with Gasteiger partial charge in [0.15, 0.2) is 5.96 Å². The fraction of sp³-hybridized carbons (Fsp3) is 0.444. The molecule has 0 spiro atoms. The number of nitrogens with one attached hydrogen (secondary N) is 2. The second kappa shape index (κ2) is 9.27. The van der Waals surface area contributed by atoms with Crippen LogP contribution in [-0.4, -0.2) is 37.6 Å². The zero-order valence-electron chi connectivity index (χ0n) is 15.0. The van der Waals surface area contributed by atoms with Crippen molar-refractivity contribution in [3.63, 3.8) is 0 Å². The lowest BCUT2D eigenvalue weighted by Gasteiger charge is -2.24. The minimum Gasteiger partial charge on any atom is -0.370 e. The second-order valence-corrected chi connectivity index (χ2v) is 6.57. The molecule has 2 rings (SSSR count). The van der Waals surface area contributed by atoms with Crippen LogP contribution in [0.15, 0.2) is 34.8 Å². The van der Waals surface area contributed by atoms with E-state index in [1.165, 1.54) is 16.1 Å². The Labute approximate surface area is 148 Å². The molecule has 1 aromatic heterocycles. The van der Waals surface area contributed by atoms with E-state index in [-0.39, 0.29) is 0 Å². The molecule has 6 heteroatoms. The molecule has 0 bridgehead atoms. The normalized spacial score (nSPS) is 11.4. The van der Waals surface area contributed by atoms with Crippen LogP contribution in [0.5, 0.6) is 0 Å². The summed E-state index contributed by atoms with van der Waals surface area (Å²) in [5, 5.41) is 6.73. The molecule has 0 saturated heterocycles. The number of hydrogen-bond acceptors (Lipinski definition) is 4. The van der Waals surface area contributed by atoms with Gasteiger partial charge in [-0.05, 0) is 38.5 Å². The maximum atomic E-state index is 4.29. The Morgan fingerprint density at radius 1 is 1.29 bits per heavy atom. The number of thiazole rings is 1. The van der Waals surface area contributed by atoms with Crippen LogP contribution in [0, 0.1) is 13.8 Å². The van der Waals surface area contributed by atoms with Gasteiger partial charge in [-0.25, -0.2) is 4.98 Å². The van der Waals surface area contributed by atoms with Crippen LogP contribution in [0.4, 0.5) is 5.69 Å². The maximum Gasteiger partial charge on any atom is 0.191 e. The molecule has 24 heavy (non-hydrogen) atoms. The van der Waals surface area contributed by atoms with Crippen molar-refractivity contribution in [2.45, 2.75) is 27.3 Å². The first-order chi connectivity index (χ1) is 11.6. The first-order valence-corrected chi connectivity index (χ1v) is 9.17. The number of rotatable bonds is 7. The standard InChI is InChI=1S/C18H27N5S/c1-5-23(16-8-6-7-14(2)11-16)10-9-20-18(19-4)21-12-17-15(3)22-13-24-17/h6-8,11,13H,5,9-10,12H2,1-4H3,(H2,19,20,21). The average Bonchev–Trinajstić information content (AvgIpc) is 2.99. The van der Waals surface area contributed by atoms with Crippen molar-refractivity contribution < 1.29 is 0 Å². The van der Waals surface area contributed by atoms with Gasteiger partial charge in [-0.2, -0.15) is 0 Å². The minimum atomic E-state index is 0.756. The van der Waals surface area contributed by atoms with Gasteiger partial charge in [-0.3, -0.25) is 4.99 Å². The van der Waals surface area contributed by atoms with Crippen LogP contribution >= 0.6 is 11.3 Å². The quantitative estimate of drug-likeness (QED) is 0.598. The third-order valence-electron chi connectivity index (χ3n) is 3.91. The van der Waals surface area contributed by atoms with E-state index in [1.807, 2.05) is 12.4 Å². The van der Waals surface area contributed by atoms with Crippen molar-refractivity contribution in [1.29, 1.82) is 0 Å². The number of aryl methyl sites for hydroxylation is 2. The number of anilines is 1. The van der Waals surface area contributed by atoms with Crippen molar-refractivity contribution >= 4 is 23.0 Å². The molecule has 0 unspecified atom stereocenters. The molecule has 5 nitrogen and oxygen atoms in total. The first kappa shape index (κ1) is 18.3. The molecule has 2 N–H and O–H groups in total. The maximum absolute atomic E-state index is 4.29. The molecule has 0 aliphatic rings. The lowest BCUT2D eigenvalue weighted by molar-refractivity contribution is 0.750. The van der Waals surface area contributed by atoms with Crippen LogP contribution in [0.2, 0.25) is 0 Å². The topological polar surface area (TPSA) is 52.5 Å². The number of aliphatic imine (C=N–C) groups is 1. The predicted octanol–water partition coefficient (Wildman–Crippen LogP) is 2.95. The van der Waals surface area contributed by atoms with Crippen LogP contribution in [0.25, 0.3) is 0 Å². The highest BCUT2D eigenvalue weighted by molar-refractivity contribution is 7.09. The predicted molar refractivity (Wildman–Crippen MR) is 104 cm³/mol. The molecule has 130 valence electrons. The molecule has 1 aromatic carbocycles. The van der Waals surface area contributed by atoms with E-state index in [0.29, 0.717) is 0 Å². The van der Waals surface area contributed by atoms with Crippen molar-refractivity contribution in [3.05, 3.63) is 45.9 Å². The summed E-state index contributed by atoms with van der Waals surface area (Å²) in [6.07, 6.45) is 0. The zero-order chi connectivity index (χ0) is 17.4. The van der Waals surface area contributed by atoms with E-state index in [1.54, 1.807) is 18.4 Å². The molecular weight excluding hydrogens is 318 g/mol. The van der Waals surface area contributed by atoms with Gasteiger partial charge < -0.3 is 15.5 Å². The summed E-state index contributed by atoms with van der Waals surface area (Å²) in [5.41, 5.74) is 5.52. The fourth-order valence-corrected chi connectivity index (χ4v) is 3.20. The van der Waals surface area contributed by atoms with Crippen molar-refractivity contribution in [1.82, 2.24) is 15.6 Å². The summed E-state index contributed by atoms with van der Waals surface area (Å²) in [5.74, 6) is 0.822. The Bertz CT molecular complexity index is 665. The number of hydrogen-bond donors (Lipinski definition) is 2. The highest BCUT2D eigenvalue weighted by Gasteiger charge is 2.06. The lowest BCUT2D eigenvalue weighted by Crippen LogP contribution is -2.41. The molecular formula is C18H27N5S. The Kier molecular flexibility index (Phi) is 7.06. The van der Waals surface area contributed by atoms with E-state index >= 15 is 0 Å². The third-order valence-corrected chi connectivity index (χ3v) is 4.84. The van der Waals surface area contributed by atoms with Gasteiger partial charge in [0.1, 0.15) is 0 Å². The summed E-state index contributed by atoms with van der Waals surface area (Å²) in [7, 11) is 1.80. The third kappa shape index (κ3) is 5.23. The molecule has 0 fully saturated rings. The molecule has 0 saturated carbocycles. The number of likely N-dealkylation sites (N-methyl/N-ethyl adjacent to an activating group) is 1. The van der Waals surface area contributed by atoms with Crippen molar-refractivity contribution in [2.75, 3.05) is 31.6 Å². The van der Waals surface area contributed by atoms with Crippen LogP contribution < -0.4 is 15.5 Å². The summed E-state index contributed by atoms with van der Waals surface area (Å²) in [6.45, 7) is 9.85. The molecule has 1 heterocycles. The lowest BCUT2D eigenvalue weighted by atomic mass is 10.2. The van der Waals surface area contributed by atoms with Gasteiger partial charge in [0.25, 0.3) is 0 Å². The van der Waals surface area contributed by atoms with Gasteiger partial charge in [-0.15, -0.1) is 11.3 Å². The summed E-state index contributed by atoms with van der Waals surface area (Å²) >= 11 is 1.67. The highest BCUT2D eigenvalue weighted by Crippen LogP contribution is 2.15. The summed E-state index contributed by atoms with van der Waals surface area (Å²) in [6, 6.07) is 8.63. The Morgan fingerprint density at radius 3 is 2.75 bits per heavy atom. The average molecular weight is 346 g/mol. The smallest absolute Gasteiger partial charge is 0.191 e. The van der Waals surface area contributed by atoms with Crippen molar-refractivity contribution in [3.8, 4) is 0 Å². The monoisotopic (exact) mass is 345 g/mol. The van der Waals surface area contributed by atoms with E-state index < -0.39 is 0 Å². The Hall–Kier alpha value is -2.08. The molecule has 0 aliphatic heterocycles. The van der Waals surface area contributed by atoms with Crippen LogP contribution in [0.3, 0.4) is 0 Å². The SMILES string of the molecule is CCN(CCNC(=NC)NCc1scnc1C)c1cccc(C)c1. The fourth-order valence-electron chi connectivity index (χ4n) is 2.48. The summed E-state index contributed by atoms with van der Waals surface area (Å²) in [4.78, 5) is 12.2. The Balaban J connectivity index is 1.81. The van der Waals surface area contributed by atoms with Gasteiger partial charge >= 0.3 is 0 Å². The van der Waals surface area contributed by atoms with E-state index in [4.69, 9.17) is 0 Å². The second-order valence-electron chi connectivity index (χ2n) is 5.63. The van der Waals surface area contributed by atoms with Crippen LogP contribution in [-0.2, 0) is 6.54 Å². The van der Waals surface area contributed by atoms with E-state index in [0.717, 1.165) is 37.8 Å². The van der Waals surface area contributed by atoms with Gasteiger partial charge in [0.2, 0.25) is 0 Å². The zero-order valence-corrected chi connectivity index (χ0v) is 15.8. The van der Waals surface area contributed by atoms with Crippen molar-refractivity contribution in [2.24, 2.45) is 4.99 Å². The molecule has 2 aromatic rings. The minimum absolute atomic E-state index is 0.756. The van der Waals surface area contributed by atoms with E-state index in [2.05, 4.69) is 63.6 Å². The van der Waals surface area contributed by atoms with Gasteiger partial charge in [-0.1, -0.05) is 12.1 Å². The van der Waals surface area contributed by atoms with Gasteiger partial charge in [0, 0.05) is 37.2 Å². The number of guanidine groups is 1. The summed E-state index contributed by atoms with van der Waals surface area (Å²) < 4.78 is 0. The molecule has 0 amide bonds. The van der Waals surface area contributed by atoms with Crippen LogP contribution in [0.1, 0.15) is 23.1 Å². The molecule has 0 aliphatic carbocycles. The molecule has 0 atom stereocenters. The highest BCUT2D eigenvalue weighted by atomic mass is 32.1. The number of benzene rings is 1. The first-order valence-electron chi connectivity index (χ1n) is 8.29. The van der Waals surface area contributed by atoms with Gasteiger partial charge in [0.05, 0.1) is 17.7 Å². The number of aromatic nitrogens is 1. The largest absolute Gasteiger partial charge is 0.370 e.